The third-order valence-electron chi connectivity index (χ3n) is 16.1. The lowest BCUT2D eigenvalue weighted by Gasteiger charge is -2.32. The number of fused-ring (bicyclic) bond motifs is 18. The van der Waals surface area contributed by atoms with Crippen molar-refractivity contribution in [2.75, 3.05) is 4.90 Å². The molecule has 4 aliphatic carbocycles. The van der Waals surface area contributed by atoms with Crippen molar-refractivity contribution in [3.63, 3.8) is 0 Å². The first-order chi connectivity index (χ1) is 32.3. The van der Waals surface area contributed by atoms with E-state index < -0.39 is 5.41 Å². The fourth-order valence-corrected chi connectivity index (χ4v) is 13.1. The maximum atomic E-state index is 2.54. The van der Waals surface area contributed by atoms with Crippen molar-refractivity contribution in [3.05, 3.63) is 257 Å². The molecular weight excluding hydrogens is 795 g/mol. The highest BCUT2D eigenvalue weighted by molar-refractivity contribution is 6.08. The van der Waals surface area contributed by atoms with Crippen LogP contribution in [0.3, 0.4) is 0 Å². The summed E-state index contributed by atoms with van der Waals surface area (Å²) < 4.78 is 0. The fraction of sp³-hybridized carbons (Fsp3) is 0.108. The van der Waals surface area contributed by atoms with Crippen LogP contribution in [0.1, 0.15) is 72.2 Å². The average Bonchev–Trinajstić information content (AvgIpc) is 4.00. The summed E-state index contributed by atoms with van der Waals surface area (Å²) in [6.07, 6.45) is 0. The van der Waals surface area contributed by atoms with E-state index in [9.17, 15) is 0 Å². The highest BCUT2D eigenvalue weighted by Crippen LogP contribution is 2.66. The summed E-state index contributed by atoms with van der Waals surface area (Å²) in [6, 6.07) is 80.7. The van der Waals surface area contributed by atoms with Crippen LogP contribution < -0.4 is 4.90 Å². The van der Waals surface area contributed by atoms with Gasteiger partial charge in [0.2, 0.25) is 0 Å². The van der Waals surface area contributed by atoms with Crippen molar-refractivity contribution in [3.8, 4) is 55.6 Å². The van der Waals surface area contributed by atoms with E-state index in [1.54, 1.807) is 0 Å². The molecule has 0 N–H and O–H groups in total. The predicted octanol–water partition coefficient (Wildman–Crippen LogP) is 16.9. The van der Waals surface area contributed by atoms with Gasteiger partial charge in [0.05, 0.1) is 11.1 Å². The molecule has 0 heterocycles. The van der Waals surface area contributed by atoms with E-state index in [0.29, 0.717) is 0 Å². The zero-order valence-corrected chi connectivity index (χ0v) is 37.7. The molecule has 0 saturated heterocycles. The Labute approximate surface area is 387 Å². The van der Waals surface area contributed by atoms with Gasteiger partial charge in [0.15, 0.2) is 0 Å². The first-order valence-corrected chi connectivity index (χ1v) is 23.5. The van der Waals surface area contributed by atoms with E-state index in [1.807, 2.05) is 0 Å². The van der Waals surface area contributed by atoms with Gasteiger partial charge in [-0.1, -0.05) is 204 Å². The quantitative estimate of drug-likeness (QED) is 0.171. The highest BCUT2D eigenvalue weighted by atomic mass is 15.1. The van der Waals surface area contributed by atoms with Gasteiger partial charge in [0, 0.05) is 27.8 Å². The van der Waals surface area contributed by atoms with Crippen LogP contribution in [0.4, 0.5) is 17.1 Å². The van der Waals surface area contributed by atoms with Gasteiger partial charge in [-0.25, -0.2) is 0 Å². The van der Waals surface area contributed by atoms with Gasteiger partial charge in [0.25, 0.3) is 0 Å². The van der Waals surface area contributed by atoms with Crippen LogP contribution in [-0.2, 0) is 16.2 Å². The number of hydrogen-bond donors (Lipinski definition) is 0. The summed E-state index contributed by atoms with van der Waals surface area (Å²) in [5.41, 5.74) is 26.8. The minimum Gasteiger partial charge on any atom is -0.310 e. The molecule has 1 unspecified atom stereocenters. The summed E-state index contributed by atoms with van der Waals surface area (Å²) in [5, 5.41) is 2.58. The number of nitrogens with zero attached hydrogens (tertiary/aromatic N) is 1. The lowest BCUT2D eigenvalue weighted by molar-refractivity contribution is 0.660. The first-order valence-electron chi connectivity index (χ1n) is 23.5. The number of benzene rings is 10. The van der Waals surface area contributed by atoms with E-state index in [2.05, 4.69) is 245 Å². The number of hydrogen-bond acceptors (Lipinski definition) is 1. The zero-order valence-electron chi connectivity index (χ0n) is 37.7. The molecule has 4 aliphatic rings. The molecule has 10 aromatic carbocycles. The Bertz CT molecular complexity index is 3710. The summed E-state index contributed by atoms with van der Waals surface area (Å²) >= 11 is 0. The Kier molecular flexibility index (Phi) is 7.51. The van der Waals surface area contributed by atoms with Crippen molar-refractivity contribution in [2.45, 2.75) is 43.9 Å². The van der Waals surface area contributed by atoms with Crippen LogP contribution in [0, 0.1) is 0 Å². The minimum atomic E-state index is -0.476. The van der Waals surface area contributed by atoms with Gasteiger partial charge < -0.3 is 4.90 Å². The van der Waals surface area contributed by atoms with Crippen molar-refractivity contribution in [1.82, 2.24) is 0 Å². The Morgan fingerprint density at radius 1 is 0.303 bits per heavy atom. The second-order valence-corrected chi connectivity index (χ2v) is 20.0. The van der Waals surface area contributed by atoms with Crippen LogP contribution >= 0.6 is 0 Å². The molecule has 1 atom stereocenters. The molecule has 0 fully saturated rings. The molecule has 0 amide bonds. The molecule has 1 spiro atoms. The lowest BCUT2D eigenvalue weighted by atomic mass is 9.70. The molecule has 14 rings (SSSR count). The molecule has 1 nitrogen and oxygen atoms in total. The molecule has 0 aromatic heterocycles. The molecule has 1 heteroatoms. The Balaban J connectivity index is 0.990. The fourth-order valence-electron chi connectivity index (χ4n) is 13.1. The van der Waals surface area contributed by atoms with Crippen molar-refractivity contribution in [1.29, 1.82) is 0 Å². The van der Waals surface area contributed by atoms with Gasteiger partial charge in [-0.15, -0.1) is 0 Å². The third kappa shape index (κ3) is 4.75. The van der Waals surface area contributed by atoms with E-state index in [-0.39, 0.29) is 10.8 Å². The van der Waals surface area contributed by atoms with Gasteiger partial charge in [0.1, 0.15) is 0 Å². The molecular formula is C65H47N. The Morgan fingerprint density at radius 3 is 1.47 bits per heavy atom. The second-order valence-electron chi connectivity index (χ2n) is 20.0. The molecule has 312 valence electrons. The smallest absolute Gasteiger partial charge is 0.0726 e. The maximum Gasteiger partial charge on any atom is 0.0726 e. The zero-order chi connectivity index (χ0) is 44.1. The van der Waals surface area contributed by atoms with Crippen LogP contribution in [0.5, 0.6) is 0 Å². The number of rotatable bonds is 4. The highest BCUT2D eigenvalue weighted by Gasteiger charge is 2.53. The summed E-state index contributed by atoms with van der Waals surface area (Å²) in [6.45, 7) is 9.50. The van der Waals surface area contributed by atoms with E-state index in [1.165, 1.54) is 117 Å². The standard InChI is InChI=1S/C65H47N/c1-63(2)52-22-11-7-18-46(52)48-35-30-42(38-58(48)63)40-28-32-43(33-29-40)66(44-34-36-49-47-19-8-12-23-53(47)64(3,4)59(49)39-44)60-27-15-26-56-62(60)51-21-10-14-25-55(51)65(56)54-24-13-9-20-50(54)61-45-17-6-5-16-41(45)31-37-57(61)65/h5-39H,1-4H3. The molecule has 0 aliphatic heterocycles. The normalized spacial score (nSPS) is 16.8. The largest absolute Gasteiger partial charge is 0.310 e. The van der Waals surface area contributed by atoms with E-state index in [4.69, 9.17) is 0 Å². The molecule has 66 heavy (non-hydrogen) atoms. The Morgan fingerprint density at radius 2 is 0.788 bits per heavy atom. The van der Waals surface area contributed by atoms with Crippen molar-refractivity contribution < 1.29 is 0 Å². The third-order valence-corrected chi connectivity index (χ3v) is 16.1. The monoisotopic (exact) mass is 841 g/mol. The predicted molar refractivity (Wildman–Crippen MR) is 275 cm³/mol. The van der Waals surface area contributed by atoms with Crippen LogP contribution in [0.2, 0.25) is 0 Å². The van der Waals surface area contributed by atoms with E-state index >= 15 is 0 Å². The maximum absolute atomic E-state index is 2.54. The van der Waals surface area contributed by atoms with Crippen LogP contribution in [0.15, 0.2) is 212 Å². The van der Waals surface area contributed by atoms with Crippen molar-refractivity contribution >= 4 is 27.8 Å². The molecule has 0 saturated carbocycles. The Hall–Kier alpha value is -7.74. The molecule has 10 aromatic rings. The van der Waals surface area contributed by atoms with Gasteiger partial charge >= 0.3 is 0 Å². The summed E-state index contributed by atoms with van der Waals surface area (Å²) in [5.74, 6) is 0. The second kappa shape index (κ2) is 13.2. The topological polar surface area (TPSA) is 3.24 Å². The van der Waals surface area contributed by atoms with Crippen LogP contribution in [-0.4, -0.2) is 0 Å². The average molecular weight is 842 g/mol. The lowest BCUT2D eigenvalue weighted by Crippen LogP contribution is -2.26. The van der Waals surface area contributed by atoms with Gasteiger partial charge in [-0.05, 0) is 142 Å². The minimum absolute atomic E-state index is 0.0610. The summed E-state index contributed by atoms with van der Waals surface area (Å²) in [4.78, 5) is 2.54. The number of anilines is 3. The summed E-state index contributed by atoms with van der Waals surface area (Å²) in [7, 11) is 0. The SMILES string of the molecule is CC1(C)c2ccccc2-c2ccc(-c3ccc(N(c4ccc5c(c4)C(C)(C)c4ccccc4-5)c4cccc5c4-c4ccccc4C54c5ccccc5-c5c4ccc4ccccc54)cc3)cc21. The molecule has 0 radical (unpaired) electrons. The molecule has 0 bridgehead atoms. The van der Waals surface area contributed by atoms with E-state index in [0.717, 1.165) is 11.4 Å². The van der Waals surface area contributed by atoms with Gasteiger partial charge in [-0.3, -0.25) is 0 Å². The van der Waals surface area contributed by atoms with Crippen molar-refractivity contribution in [2.24, 2.45) is 0 Å². The first kappa shape index (κ1) is 37.6. The van der Waals surface area contributed by atoms with Crippen LogP contribution in [0.25, 0.3) is 66.4 Å². The van der Waals surface area contributed by atoms with Gasteiger partial charge in [-0.2, -0.15) is 0 Å².